The molecule has 176 valence electrons. The number of amides is 1. The van der Waals surface area contributed by atoms with E-state index >= 15 is 0 Å². The number of carbonyl (C=O) groups is 1. The van der Waals surface area contributed by atoms with E-state index in [1.54, 1.807) is 29.7 Å². The van der Waals surface area contributed by atoms with Crippen molar-refractivity contribution in [2.45, 2.75) is 20.3 Å². The predicted octanol–water partition coefficient (Wildman–Crippen LogP) is 5.07. The quantitative estimate of drug-likeness (QED) is 0.126. The van der Waals surface area contributed by atoms with Crippen molar-refractivity contribution in [2.75, 3.05) is 11.1 Å². The van der Waals surface area contributed by atoms with Crippen LogP contribution in [0.4, 0.5) is 11.5 Å². The van der Waals surface area contributed by atoms with Crippen LogP contribution in [0, 0.1) is 19.3 Å². The second-order valence-electron chi connectivity index (χ2n) is 8.20. The van der Waals surface area contributed by atoms with Gasteiger partial charge in [0.1, 0.15) is 11.7 Å². The lowest BCUT2D eigenvalue weighted by Crippen LogP contribution is -2.16. The third-order valence-electron chi connectivity index (χ3n) is 5.61. The van der Waals surface area contributed by atoms with E-state index in [0.29, 0.717) is 17.1 Å². The molecule has 0 aliphatic heterocycles. The average Bonchev–Trinajstić information content (AvgIpc) is 3.24. The van der Waals surface area contributed by atoms with Crippen molar-refractivity contribution in [1.82, 2.24) is 9.97 Å². The van der Waals surface area contributed by atoms with Gasteiger partial charge in [0.05, 0.1) is 5.01 Å². The number of hydrogen-bond acceptors (Lipinski definition) is 6. The molecule has 0 bridgehead atoms. The van der Waals surface area contributed by atoms with Crippen LogP contribution in [-0.2, 0) is 11.2 Å². The molecule has 2 aromatic carbocycles. The number of nitrogen functional groups attached to an aromatic ring is 2. The fraction of sp³-hybridized carbons (Fsp3) is 0.111. The van der Waals surface area contributed by atoms with Crippen LogP contribution in [0.1, 0.15) is 27.4 Å². The first kappa shape index (κ1) is 23.8. The van der Waals surface area contributed by atoms with E-state index < -0.39 is 0 Å². The number of benzene rings is 2. The van der Waals surface area contributed by atoms with E-state index in [0.717, 1.165) is 50.5 Å². The summed E-state index contributed by atoms with van der Waals surface area (Å²) in [6.45, 7) is 7.40. The fourth-order valence-electron chi connectivity index (χ4n) is 3.96. The van der Waals surface area contributed by atoms with Crippen LogP contribution in [-0.4, -0.2) is 21.7 Å². The number of amidine groups is 1. The van der Waals surface area contributed by atoms with Gasteiger partial charge >= 0.3 is 0 Å². The summed E-state index contributed by atoms with van der Waals surface area (Å²) in [5.41, 5.74) is 19.6. The highest BCUT2D eigenvalue weighted by atomic mass is 32.1. The van der Waals surface area contributed by atoms with Crippen molar-refractivity contribution in [1.29, 1.82) is 5.41 Å². The zero-order chi connectivity index (χ0) is 25.1. The number of nitrogens with one attached hydrogen (secondary N) is 2. The van der Waals surface area contributed by atoms with Gasteiger partial charge in [0.15, 0.2) is 0 Å². The Morgan fingerprint density at radius 1 is 1.17 bits per heavy atom. The van der Waals surface area contributed by atoms with Crippen molar-refractivity contribution < 1.29 is 4.79 Å². The van der Waals surface area contributed by atoms with Crippen LogP contribution in [0.2, 0.25) is 0 Å². The van der Waals surface area contributed by atoms with Crippen LogP contribution >= 0.6 is 11.3 Å². The molecule has 2 heterocycles. The van der Waals surface area contributed by atoms with Gasteiger partial charge in [-0.25, -0.2) is 9.97 Å². The Morgan fingerprint density at radius 2 is 1.91 bits per heavy atom. The van der Waals surface area contributed by atoms with Gasteiger partial charge in [-0.1, -0.05) is 36.9 Å². The van der Waals surface area contributed by atoms with Gasteiger partial charge in [-0.3, -0.25) is 10.2 Å². The van der Waals surface area contributed by atoms with Crippen molar-refractivity contribution >= 4 is 34.6 Å². The van der Waals surface area contributed by atoms with E-state index in [1.807, 2.05) is 37.4 Å². The number of aromatic nitrogens is 2. The maximum atomic E-state index is 11.7. The summed E-state index contributed by atoms with van der Waals surface area (Å²) >= 11 is 1.65. The largest absolute Gasteiger partial charge is 0.398 e. The Labute approximate surface area is 208 Å². The highest BCUT2D eigenvalue weighted by Crippen LogP contribution is 2.39. The number of pyridine rings is 1. The van der Waals surface area contributed by atoms with Crippen LogP contribution in [0.15, 0.2) is 66.7 Å². The maximum Gasteiger partial charge on any atom is 0.248 e. The molecule has 4 rings (SSSR count). The lowest BCUT2D eigenvalue weighted by atomic mass is 9.87. The minimum absolute atomic E-state index is 0.109. The van der Waals surface area contributed by atoms with E-state index in [-0.39, 0.29) is 11.7 Å². The molecule has 2 aromatic heterocycles. The van der Waals surface area contributed by atoms with Gasteiger partial charge in [0.2, 0.25) is 5.91 Å². The van der Waals surface area contributed by atoms with Crippen LogP contribution < -0.4 is 16.8 Å². The maximum absolute atomic E-state index is 11.7. The highest BCUT2D eigenvalue weighted by molar-refractivity contribution is 7.09. The SMILES string of the molecule is C=CC(=O)Nc1cc(C)c(-c2ccc(N)c(C(=N)N)c2-c2ccc(Cc3nc(C)cs3)cc2)cn1. The number of nitrogens with zero attached hydrogens (tertiary/aromatic N) is 2. The average molecular weight is 483 g/mol. The third kappa shape index (κ3) is 5.12. The minimum Gasteiger partial charge on any atom is -0.398 e. The number of rotatable bonds is 7. The minimum atomic E-state index is -0.329. The summed E-state index contributed by atoms with van der Waals surface area (Å²) < 4.78 is 0. The molecule has 1 amide bonds. The molecular formula is C27H26N6OS. The van der Waals surface area contributed by atoms with Gasteiger partial charge in [0, 0.05) is 46.1 Å². The molecule has 0 fully saturated rings. The fourth-order valence-corrected chi connectivity index (χ4v) is 4.77. The zero-order valence-corrected chi connectivity index (χ0v) is 20.4. The zero-order valence-electron chi connectivity index (χ0n) is 19.6. The molecule has 7 nitrogen and oxygen atoms in total. The van der Waals surface area contributed by atoms with Crippen LogP contribution in [0.3, 0.4) is 0 Å². The standard InChI is InChI=1S/C27H26N6OS/c1-4-23(34)33-22-11-15(2)20(13-31-22)19-9-10-21(28)26(27(29)30)25(19)18-7-5-17(6-8-18)12-24-32-16(3)14-35-24/h4-11,13-14H,1,12,28H2,2-3H3,(H3,29,30)(H,31,33,34). The lowest BCUT2D eigenvalue weighted by molar-refractivity contribution is -0.111. The first-order valence-corrected chi connectivity index (χ1v) is 11.8. The molecule has 0 atom stereocenters. The smallest absolute Gasteiger partial charge is 0.248 e. The molecule has 6 N–H and O–H groups in total. The van der Waals surface area contributed by atoms with Crippen LogP contribution in [0.25, 0.3) is 22.3 Å². The Morgan fingerprint density at radius 3 is 2.51 bits per heavy atom. The second-order valence-corrected chi connectivity index (χ2v) is 9.14. The van der Waals surface area contributed by atoms with Gasteiger partial charge in [-0.2, -0.15) is 0 Å². The van der Waals surface area contributed by atoms with Gasteiger partial charge in [-0.15, -0.1) is 11.3 Å². The number of nitrogens with two attached hydrogens (primary N) is 2. The van der Waals surface area contributed by atoms with Gasteiger partial charge in [-0.05, 0) is 54.3 Å². The molecule has 8 heteroatoms. The first-order valence-electron chi connectivity index (χ1n) is 10.9. The summed E-state index contributed by atoms with van der Waals surface area (Å²) in [5.74, 6) is -0.00596. The molecule has 0 saturated heterocycles. The molecule has 0 saturated carbocycles. The summed E-state index contributed by atoms with van der Waals surface area (Å²) in [6, 6.07) is 13.6. The Hall–Kier alpha value is -4.30. The normalized spacial score (nSPS) is 10.7. The summed E-state index contributed by atoms with van der Waals surface area (Å²) in [4.78, 5) is 20.6. The van der Waals surface area contributed by atoms with Crippen molar-refractivity contribution in [2.24, 2.45) is 5.73 Å². The molecule has 0 aliphatic carbocycles. The molecule has 0 unspecified atom stereocenters. The number of anilines is 2. The van der Waals surface area contributed by atoms with E-state index in [9.17, 15) is 4.79 Å². The van der Waals surface area contributed by atoms with Gasteiger partial charge in [0.25, 0.3) is 0 Å². The van der Waals surface area contributed by atoms with Crippen molar-refractivity contribution in [3.8, 4) is 22.3 Å². The molecule has 0 spiro atoms. The van der Waals surface area contributed by atoms with E-state index in [2.05, 4.69) is 34.0 Å². The number of carbonyl (C=O) groups excluding carboxylic acids is 1. The number of aryl methyl sites for hydroxylation is 2. The van der Waals surface area contributed by atoms with E-state index in [4.69, 9.17) is 16.9 Å². The molecule has 35 heavy (non-hydrogen) atoms. The Balaban J connectivity index is 1.79. The monoisotopic (exact) mass is 482 g/mol. The van der Waals surface area contributed by atoms with Gasteiger partial charge < -0.3 is 16.8 Å². The Bertz CT molecular complexity index is 1440. The number of thiazole rings is 1. The molecular weight excluding hydrogens is 456 g/mol. The molecule has 0 radical (unpaired) electrons. The van der Waals surface area contributed by atoms with Crippen molar-refractivity contribution in [3.05, 3.63) is 94.1 Å². The summed E-state index contributed by atoms with van der Waals surface area (Å²) in [7, 11) is 0. The summed E-state index contributed by atoms with van der Waals surface area (Å²) in [5, 5.41) is 14.0. The Kier molecular flexibility index (Phi) is 6.75. The first-order chi connectivity index (χ1) is 16.8. The number of hydrogen-bond donors (Lipinski definition) is 4. The third-order valence-corrected chi connectivity index (χ3v) is 6.58. The van der Waals surface area contributed by atoms with E-state index in [1.165, 1.54) is 6.08 Å². The van der Waals surface area contributed by atoms with Crippen LogP contribution in [0.5, 0.6) is 0 Å². The molecule has 0 aliphatic rings. The lowest BCUT2D eigenvalue weighted by Gasteiger charge is -2.19. The highest BCUT2D eigenvalue weighted by Gasteiger charge is 2.19. The predicted molar refractivity (Wildman–Crippen MR) is 144 cm³/mol. The topological polar surface area (TPSA) is 131 Å². The summed E-state index contributed by atoms with van der Waals surface area (Å²) in [6.07, 6.45) is 3.65. The second kappa shape index (κ2) is 9.90. The molecule has 4 aromatic rings. The van der Waals surface area contributed by atoms with Crippen molar-refractivity contribution in [3.63, 3.8) is 0 Å².